The topological polar surface area (TPSA) is 75.7 Å². The Kier molecular flexibility index (Phi) is 5.49. The largest absolute Gasteiger partial charge is 0.395 e. The summed E-state index contributed by atoms with van der Waals surface area (Å²) >= 11 is 1.43. The number of rotatable bonds is 7. The van der Waals surface area contributed by atoms with E-state index in [9.17, 15) is 9.90 Å². The van der Waals surface area contributed by atoms with Crippen molar-refractivity contribution in [1.82, 2.24) is 24.1 Å². The standard InChI is InChI=1S/C21H25N5O2S/c1-14(2)17(13-27)25(11-15-7-5-4-6-8-15)12-18-22-23-21-24(3)20(28)19-16(26(18)21)9-10-29-19/h4-10,14,17,27H,11-13H2,1-3H3. The Morgan fingerprint density at radius 3 is 2.59 bits per heavy atom. The molecule has 4 rings (SSSR count). The second-order valence-electron chi connectivity index (χ2n) is 7.64. The molecule has 1 aromatic carbocycles. The highest BCUT2D eigenvalue weighted by Gasteiger charge is 2.25. The molecule has 1 N–H and O–H groups in total. The molecule has 0 aliphatic heterocycles. The van der Waals surface area contributed by atoms with Gasteiger partial charge in [0.1, 0.15) is 4.70 Å². The smallest absolute Gasteiger partial charge is 0.272 e. The van der Waals surface area contributed by atoms with E-state index in [2.05, 4.69) is 41.1 Å². The number of fused-ring (bicyclic) bond motifs is 3. The predicted molar refractivity (Wildman–Crippen MR) is 115 cm³/mol. The van der Waals surface area contributed by atoms with Gasteiger partial charge in [0.25, 0.3) is 5.56 Å². The van der Waals surface area contributed by atoms with Crippen LogP contribution in [0.5, 0.6) is 0 Å². The predicted octanol–water partition coefficient (Wildman–Crippen LogP) is 2.66. The van der Waals surface area contributed by atoms with Gasteiger partial charge in [-0.15, -0.1) is 21.5 Å². The molecule has 8 heteroatoms. The van der Waals surface area contributed by atoms with Crippen molar-refractivity contribution in [3.05, 3.63) is 63.5 Å². The Labute approximate surface area is 172 Å². The van der Waals surface area contributed by atoms with Gasteiger partial charge >= 0.3 is 0 Å². The minimum absolute atomic E-state index is 0.0203. The third-order valence-corrected chi connectivity index (χ3v) is 6.29. The number of aromatic nitrogens is 4. The van der Waals surface area contributed by atoms with Gasteiger partial charge in [-0.3, -0.25) is 18.7 Å². The molecule has 3 heterocycles. The summed E-state index contributed by atoms with van der Waals surface area (Å²) in [6, 6.07) is 12.1. The van der Waals surface area contributed by atoms with E-state index in [1.807, 2.05) is 34.0 Å². The normalized spacial score (nSPS) is 13.2. The van der Waals surface area contributed by atoms with E-state index >= 15 is 0 Å². The van der Waals surface area contributed by atoms with E-state index in [-0.39, 0.29) is 24.1 Å². The molecule has 7 nitrogen and oxygen atoms in total. The van der Waals surface area contributed by atoms with E-state index in [1.165, 1.54) is 16.9 Å². The quantitative estimate of drug-likeness (QED) is 0.506. The molecule has 1 unspecified atom stereocenters. The Morgan fingerprint density at radius 2 is 1.90 bits per heavy atom. The van der Waals surface area contributed by atoms with Crippen LogP contribution in [-0.2, 0) is 20.1 Å². The van der Waals surface area contributed by atoms with Gasteiger partial charge in [0, 0.05) is 19.6 Å². The van der Waals surface area contributed by atoms with Gasteiger partial charge < -0.3 is 5.11 Å². The van der Waals surface area contributed by atoms with Crippen LogP contribution in [0.3, 0.4) is 0 Å². The van der Waals surface area contributed by atoms with Crippen molar-refractivity contribution in [2.24, 2.45) is 13.0 Å². The summed E-state index contributed by atoms with van der Waals surface area (Å²) in [6.45, 7) is 5.50. The fraction of sp³-hybridized carbons (Fsp3) is 0.381. The van der Waals surface area contributed by atoms with E-state index in [0.29, 0.717) is 23.6 Å². The SMILES string of the molecule is CC(C)C(CO)N(Cc1ccccc1)Cc1nnc2n(C)c(=O)c3sccc3n12. The lowest BCUT2D eigenvalue weighted by molar-refractivity contribution is 0.0761. The molecule has 1 atom stereocenters. The summed E-state index contributed by atoms with van der Waals surface area (Å²) in [7, 11) is 1.72. The summed E-state index contributed by atoms with van der Waals surface area (Å²) in [5, 5.41) is 20.7. The van der Waals surface area contributed by atoms with Crippen LogP contribution in [0, 0.1) is 5.92 Å². The lowest BCUT2D eigenvalue weighted by Gasteiger charge is -2.32. The molecule has 0 saturated heterocycles. The molecule has 3 aromatic heterocycles. The Morgan fingerprint density at radius 1 is 1.14 bits per heavy atom. The Hall–Kier alpha value is -2.55. The summed E-state index contributed by atoms with van der Waals surface area (Å²) < 4.78 is 4.20. The van der Waals surface area contributed by atoms with E-state index < -0.39 is 0 Å². The molecular weight excluding hydrogens is 386 g/mol. The van der Waals surface area contributed by atoms with Gasteiger partial charge in [0.2, 0.25) is 5.78 Å². The third-order valence-electron chi connectivity index (χ3n) is 5.40. The molecule has 4 aromatic rings. The molecule has 0 radical (unpaired) electrons. The van der Waals surface area contributed by atoms with Crippen molar-refractivity contribution < 1.29 is 5.11 Å². The van der Waals surface area contributed by atoms with E-state index in [1.54, 1.807) is 11.6 Å². The second kappa shape index (κ2) is 8.06. The number of thiophene rings is 1. The monoisotopic (exact) mass is 411 g/mol. The number of aliphatic hydroxyl groups is 1. The maximum Gasteiger partial charge on any atom is 0.272 e. The van der Waals surface area contributed by atoms with Crippen LogP contribution >= 0.6 is 11.3 Å². The first-order valence-corrected chi connectivity index (χ1v) is 10.6. The first-order chi connectivity index (χ1) is 14.0. The van der Waals surface area contributed by atoms with Crippen LogP contribution < -0.4 is 5.56 Å². The molecule has 152 valence electrons. The van der Waals surface area contributed by atoms with Crippen LogP contribution in [0.2, 0.25) is 0 Å². The Bertz CT molecular complexity index is 1180. The number of aliphatic hydroxyl groups excluding tert-OH is 1. The lowest BCUT2D eigenvalue weighted by Crippen LogP contribution is -2.41. The fourth-order valence-corrected chi connectivity index (χ4v) is 4.64. The van der Waals surface area contributed by atoms with Gasteiger partial charge in [-0.05, 0) is 22.9 Å². The van der Waals surface area contributed by atoms with Crippen molar-refractivity contribution in [3.8, 4) is 0 Å². The first kappa shape index (κ1) is 19.8. The lowest BCUT2D eigenvalue weighted by atomic mass is 10.0. The maximum atomic E-state index is 12.6. The summed E-state index contributed by atoms with van der Waals surface area (Å²) in [5.74, 6) is 1.56. The highest BCUT2D eigenvalue weighted by atomic mass is 32.1. The van der Waals surface area contributed by atoms with Crippen molar-refractivity contribution in [2.45, 2.75) is 33.0 Å². The number of nitrogens with zero attached hydrogens (tertiary/aromatic N) is 5. The van der Waals surface area contributed by atoms with Crippen LogP contribution in [0.4, 0.5) is 0 Å². The van der Waals surface area contributed by atoms with Gasteiger partial charge in [0.05, 0.1) is 18.7 Å². The summed E-state index contributed by atoms with van der Waals surface area (Å²) in [5.41, 5.74) is 1.95. The average molecular weight is 412 g/mol. The summed E-state index contributed by atoms with van der Waals surface area (Å²) in [4.78, 5) is 14.8. The molecule has 0 aliphatic rings. The number of aryl methyl sites for hydroxylation is 1. The first-order valence-electron chi connectivity index (χ1n) is 9.70. The molecule has 0 amide bonds. The zero-order valence-electron chi connectivity index (χ0n) is 16.8. The number of benzene rings is 1. The number of hydrogen-bond donors (Lipinski definition) is 1. The highest BCUT2D eigenvalue weighted by molar-refractivity contribution is 7.17. The van der Waals surface area contributed by atoms with Gasteiger partial charge in [-0.25, -0.2) is 0 Å². The fourth-order valence-electron chi connectivity index (χ4n) is 3.79. The van der Waals surface area contributed by atoms with Crippen LogP contribution in [0.1, 0.15) is 25.2 Å². The van der Waals surface area contributed by atoms with Crippen LogP contribution in [0.25, 0.3) is 16.0 Å². The van der Waals surface area contributed by atoms with Crippen molar-refractivity contribution in [3.63, 3.8) is 0 Å². The van der Waals surface area contributed by atoms with Crippen molar-refractivity contribution in [1.29, 1.82) is 0 Å². The molecule has 29 heavy (non-hydrogen) atoms. The van der Waals surface area contributed by atoms with Gasteiger partial charge in [-0.2, -0.15) is 0 Å². The van der Waals surface area contributed by atoms with Crippen LogP contribution in [-0.4, -0.2) is 41.8 Å². The minimum Gasteiger partial charge on any atom is -0.395 e. The average Bonchev–Trinajstić information content (AvgIpc) is 3.34. The molecule has 0 bridgehead atoms. The minimum atomic E-state index is -0.0574. The molecule has 0 spiro atoms. The van der Waals surface area contributed by atoms with Gasteiger partial charge in [-0.1, -0.05) is 44.2 Å². The molecule has 0 aliphatic carbocycles. The number of hydrogen-bond acceptors (Lipinski definition) is 6. The Balaban J connectivity index is 1.79. The molecular formula is C21H25N5O2S. The van der Waals surface area contributed by atoms with Crippen molar-refractivity contribution in [2.75, 3.05) is 6.61 Å². The zero-order chi connectivity index (χ0) is 20.5. The second-order valence-corrected chi connectivity index (χ2v) is 8.55. The molecule has 0 fully saturated rings. The zero-order valence-corrected chi connectivity index (χ0v) is 17.6. The third kappa shape index (κ3) is 3.59. The highest BCUT2D eigenvalue weighted by Crippen LogP contribution is 2.22. The summed E-state index contributed by atoms with van der Waals surface area (Å²) in [6.07, 6.45) is 0. The van der Waals surface area contributed by atoms with Crippen molar-refractivity contribution >= 4 is 27.3 Å². The van der Waals surface area contributed by atoms with Crippen LogP contribution in [0.15, 0.2) is 46.6 Å². The molecule has 0 saturated carbocycles. The van der Waals surface area contributed by atoms with E-state index in [0.717, 1.165) is 11.3 Å². The van der Waals surface area contributed by atoms with E-state index in [4.69, 9.17) is 0 Å². The van der Waals surface area contributed by atoms with Gasteiger partial charge in [0.15, 0.2) is 5.82 Å². The maximum absolute atomic E-state index is 12.6.